The van der Waals surface area contributed by atoms with Crippen LogP contribution in [0.3, 0.4) is 0 Å². The number of hydrogen-bond donors (Lipinski definition) is 3. The van der Waals surface area contributed by atoms with Crippen molar-refractivity contribution in [3.8, 4) is 11.3 Å². The van der Waals surface area contributed by atoms with E-state index in [1.54, 1.807) is 30.3 Å². The van der Waals surface area contributed by atoms with Crippen molar-refractivity contribution in [2.24, 2.45) is 0 Å². The fourth-order valence-electron chi connectivity index (χ4n) is 4.53. The highest BCUT2D eigenvalue weighted by atomic mass is 35.5. The molecule has 1 amide bonds. The van der Waals surface area contributed by atoms with E-state index in [0.717, 1.165) is 34.8 Å². The van der Waals surface area contributed by atoms with E-state index in [2.05, 4.69) is 5.32 Å². The first-order chi connectivity index (χ1) is 18.2. The number of rotatable bonds is 8. The summed E-state index contributed by atoms with van der Waals surface area (Å²) in [6, 6.07) is 13.8. The maximum atomic E-state index is 14.4. The third-order valence-corrected chi connectivity index (χ3v) is 7.52. The number of benzene rings is 3. The molecule has 8 nitrogen and oxygen atoms in total. The maximum Gasteiger partial charge on any atom is 0.491 e. The van der Waals surface area contributed by atoms with E-state index in [1.807, 2.05) is 6.07 Å². The van der Waals surface area contributed by atoms with Crippen LogP contribution in [0.2, 0.25) is 5.02 Å². The van der Waals surface area contributed by atoms with Gasteiger partial charge in [-0.05, 0) is 78.4 Å². The molecule has 196 valence electrons. The van der Waals surface area contributed by atoms with Crippen LogP contribution in [-0.2, 0) is 17.8 Å². The summed E-state index contributed by atoms with van der Waals surface area (Å²) in [5.74, 6) is -0.724. The van der Waals surface area contributed by atoms with Gasteiger partial charge in [0.05, 0.1) is 17.8 Å². The summed E-state index contributed by atoms with van der Waals surface area (Å²) < 4.78 is 46.0. The first kappa shape index (κ1) is 26.4. The lowest BCUT2D eigenvalue weighted by Gasteiger charge is -2.28. The van der Waals surface area contributed by atoms with Gasteiger partial charge in [-0.3, -0.25) is 13.3 Å². The third-order valence-electron chi connectivity index (χ3n) is 6.57. The quantitative estimate of drug-likeness (QED) is 0.225. The molecule has 0 bridgehead atoms. The molecule has 1 aliphatic rings. The number of halogens is 2. The Morgan fingerprint density at radius 2 is 1.92 bits per heavy atom. The van der Waals surface area contributed by atoms with E-state index >= 15 is 0 Å². The first-order valence-electron chi connectivity index (χ1n) is 11.8. The number of furan rings is 1. The summed E-state index contributed by atoms with van der Waals surface area (Å²) in [6.07, 6.45) is 1.82. The molecule has 1 aromatic heterocycles. The van der Waals surface area contributed by atoms with Crippen LogP contribution in [-0.4, -0.2) is 38.9 Å². The molecule has 1 heterocycles. The van der Waals surface area contributed by atoms with Crippen molar-refractivity contribution in [3.05, 3.63) is 82.1 Å². The molecular formula is C26H22BClFN2O6S-. The molecule has 1 unspecified atom stereocenters. The van der Waals surface area contributed by atoms with Gasteiger partial charge in [0.1, 0.15) is 17.2 Å². The third kappa shape index (κ3) is 5.08. The number of fused-ring (bicyclic) bond motifs is 1. The lowest BCUT2D eigenvalue weighted by molar-refractivity contribution is 0.0964. The molecule has 0 radical (unpaired) electrons. The zero-order valence-corrected chi connectivity index (χ0v) is 21.7. The van der Waals surface area contributed by atoms with Gasteiger partial charge in [-0.1, -0.05) is 17.7 Å². The molecule has 1 fully saturated rings. The Labute approximate surface area is 225 Å². The number of anilines is 1. The topological polar surface area (TPSA) is 126 Å². The van der Waals surface area contributed by atoms with Crippen LogP contribution in [0.4, 0.5) is 10.1 Å². The molecule has 1 aliphatic carbocycles. The van der Waals surface area contributed by atoms with Gasteiger partial charge < -0.3 is 24.3 Å². The Morgan fingerprint density at radius 3 is 2.50 bits per heavy atom. The van der Waals surface area contributed by atoms with E-state index in [4.69, 9.17) is 16.0 Å². The summed E-state index contributed by atoms with van der Waals surface area (Å²) in [6.45, 7) is -0.120. The second kappa shape index (κ2) is 10.5. The number of hydrogen-bond acceptors (Lipinski definition) is 6. The zero-order valence-electron chi connectivity index (χ0n) is 20.1. The van der Waals surface area contributed by atoms with E-state index in [0.29, 0.717) is 38.4 Å². The summed E-state index contributed by atoms with van der Waals surface area (Å²) >= 11 is 3.27. The monoisotopic (exact) mass is 555 g/mol. The number of amides is 1. The number of carbonyl (C=O) groups is 1. The van der Waals surface area contributed by atoms with Crippen LogP contribution in [0.1, 0.15) is 40.2 Å². The van der Waals surface area contributed by atoms with Gasteiger partial charge in [-0.2, -0.15) is 0 Å². The first-order valence-corrected chi connectivity index (χ1v) is 13.2. The van der Waals surface area contributed by atoms with Crippen LogP contribution in [0.25, 0.3) is 22.3 Å². The molecule has 5 rings (SSSR count). The average molecular weight is 556 g/mol. The van der Waals surface area contributed by atoms with Crippen LogP contribution in [0, 0.1) is 5.82 Å². The van der Waals surface area contributed by atoms with Crippen molar-refractivity contribution in [1.29, 1.82) is 0 Å². The van der Waals surface area contributed by atoms with Crippen molar-refractivity contribution >= 4 is 58.0 Å². The van der Waals surface area contributed by atoms with Crippen LogP contribution in [0.15, 0.2) is 59.0 Å². The van der Waals surface area contributed by atoms with Gasteiger partial charge in [0, 0.05) is 39.7 Å². The maximum absolute atomic E-state index is 14.4. The van der Waals surface area contributed by atoms with E-state index in [9.17, 15) is 28.0 Å². The normalized spacial score (nSPS) is 13.9. The number of carbonyl (C=O) groups excluding carboxylic acids is 1. The molecule has 3 N–H and O–H groups in total. The highest BCUT2D eigenvalue weighted by molar-refractivity contribution is 7.80. The van der Waals surface area contributed by atoms with E-state index < -0.39 is 24.2 Å². The summed E-state index contributed by atoms with van der Waals surface area (Å²) in [5, 5.41) is 22.4. The Balaban J connectivity index is 1.63. The minimum atomic E-state index is -2.77. The van der Waals surface area contributed by atoms with Gasteiger partial charge in [0.15, 0.2) is 0 Å². The highest BCUT2D eigenvalue weighted by Crippen LogP contribution is 2.45. The lowest BCUT2D eigenvalue weighted by Crippen LogP contribution is -2.33. The van der Waals surface area contributed by atoms with Gasteiger partial charge in [-0.15, -0.1) is 0 Å². The lowest BCUT2D eigenvalue weighted by atomic mass is 9.80. The Hall–Kier alpha value is -3.22. The van der Waals surface area contributed by atoms with Crippen LogP contribution < -0.4 is 15.1 Å². The summed E-state index contributed by atoms with van der Waals surface area (Å²) in [4.78, 5) is 12.9. The fourth-order valence-corrected chi connectivity index (χ4v) is 5.19. The van der Waals surface area contributed by atoms with Crippen molar-refractivity contribution in [1.82, 2.24) is 5.32 Å². The van der Waals surface area contributed by atoms with Gasteiger partial charge in [-0.25, -0.2) is 4.39 Å². The van der Waals surface area contributed by atoms with Crippen molar-refractivity contribution in [2.45, 2.75) is 25.3 Å². The molecule has 0 saturated heterocycles. The fraction of sp³-hybridized carbons (Fsp3) is 0.192. The largest absolute Gasteiger partial charge is 0.755 e. The Kier molecular flexibility index (Phi) is 7.30. The summed E-state index contributed by atoms with van der Waals surface area (Å²) in [7, 11) is -0.493. The van der Waals surface area contributed by atoms with Crippen molar-refractivity contribution in [2.75, 3.05) is 11.4 Å². The average Bonchev–Trinajstić information content (AvgIpc) is 3.66. The smallest absolute Gasteiger partial charge is 0.491 e. The minimum absolute atomic E-state index is 0.0226. The molecule has 0 aliphatic heterocycles. The van der Waals surface area contributed by atoms with E-state index in [-0.39, 0.29) is 29.5 Å². The van der Waals surface area contributed by atoms with Crippen LogP contribution in [0.5, 0.6) is 0 Å². The van der Waals surface area contributed by atoms with Gasteiger partial charge in [0.2, 0.25) is 0 Å². The van der Waals surface area contributed by atoms with E-state index in [1.165, 1.54) is 13.1 Å². The predicted molar refractivity (Wildman–Crippen MR) is 143 cm³/mol. The zero-order chi connectivity index (χ0) is 27.1. The van der Waals surface area contributed by atoms with Gasteiger partial charge in [0.25, 0.3) is 5.91 Å². The molecular weight excluding hydrogens is 534 g/mol. The predicted octanol–water partition coefficient (Wildman–Crippen LogP) is 3.61. The van der Waals surface area contributed by atoms with Crippen LogP contribution >= 0.6 is 11.6 Å². The Morgan fingerprint density at radius 1 is 1.21 bits per heavy atom. The number of nitrogens with one attached hydrogen (secondary N) is 1. The molecule has 3 aromatic carbocycles. The number of nitrogens with zero attached hydrogens (tertiary/aromatic N) is 1. The molecule has 12 heteroatoms. The molecule has 38 heavy (non-hydrogen) atoms. The molecule has 4 aromatic rings. The SMILES string of the molecule is CNC(=O)c1c(-c2ccc(Cl)cc2)oc2cc(CN(c3ccc(B(O)O)c(F)c3)S(=O)[O-])c(C3CC3)cc12. The molecule has 0 spiro atoms. The van der Waals surface area contributed by atoms with Crippen molar-refractivity contribution < 1.29 is 32.4 Å². The molecule has 1 saturated carbocycles. The Bertz CT molecular complexity index is 1560. The highest BCUT2D eigenvalue weighted by Gasteiger charge is 2.30. The minimum Gasteiger partial charge on any atom is -0.755 e. The standard InChI is InChI=1S/C26H23BClFN2O6S/c1-30-26(32)24-20-12-19(14-2-3-14)16(10-23(20)37-25(24)15-4-6-17(28)7-5-15)13-31(38(35)36)18-8-9-21(27(33)34)22(29)11-18/h4-12,14,33-34H,2-3,13H2,1H3,(H,30,32)(H,35,36)/p-1. The second-order valence-electron chi connectivity index (χ2n) is 9.05. The van der Waals surface area contributed by atoms with Crippen molar-refractivity contribution in [3.63, 3.8) is 0 Å². The summed E-state index contributed by atoms with van der Waals surface area (Å²) in [5.41, 5.74) is 2.60. The second-order valence-corrected chi connectivity index (χ2v) is 10.4. The molecule has 1 atom stereocenters. The van der Waals surface area contributed by atoms with Gasteiger partial charge >= 0.3 is 7.12 Å².